The zero-order valence-electron chi connectivity index (χ0n) is 16.6. The first-order valence-electron chi connectivity index (χ1n) is 9.68. The van der Waals surface area contributed by atoms with E-state index in [0.29, 0.717) is 22.3 Å². The van der Waals surface area contributed by atoms with Crippen LogP contribution in [0, 0.1) is 0 Å². The minimum atomic E-state index is -3.74. The fourth-order valence-electron chi connectivity index (χ4n) is 3.35. The summed E-state index contributed by atoms with van der Waals surface area (Å²) < 4.78 is 27.5. The molecule has 1 fully saturated rings. The summed E-state index contributed by atoms with van der Waals surface area (Å²) in [6.45, 7) is 6.29. The van der Waals surface area contributed by atoms with Gasteiger partial charge in [-0.3, -0.25) is 9.52 Å². The second-order valence-electron chi connectivity index (χ2n) is 7.51. The van der Waals surface area contributed by atoms with Gasteiger partial charge in [0, 0.05) is 41.4 Å². The molecule has 1 heterocycles. The highest BCUT2D eigenvalue weighted by Crippen LogP contribution is 2.19. The number of amides is 1. The molecule has 0 radical (unpaired) electrons. The quantitative estimate of drug-likeness (QED) is 0.724. The normalized spacial score (nSPS) is 16.0. The predicted octanol–water partition coefficient (Wildman–Crippen LogP) is 3.74. The Balaban J connectivity index is 1.60. The lowest BCUT2D eigenvalue weighted by molar-refractivity contribution is 0.0900. The Morgan fingerprint density at radius 2 is 1.62 bits per heavy atom. The van der Waals surface area contributed by atoms with Crippen LogP contribution in [0.5, 0.6) is 0 Å². The molecule has 0 atom stereocenters. The first-order chi connectivity index (χ1) is 13.7. The fraction of sp³-hybridized carbons (Fsp3) is 0.381. The van der Waals surface area contributed by atoms with Gasteiger partial charge in [-0.05, 0) is 75.2 Å². The molecule has 0 bridgehead atoms. The SMILES string of the molecule is CC(C)N1CCC(NC(=O)c2ccc(S(=O)(=O)Nc3ccc(Cl)cc3)cc2)CC1. The van der Waals surface area contributed by atoms with E-state index in [4.69, 9.17) is 11.6 Å². The Labute approximate surface area is 177 Å². The number of nitrogens with one attached hydrogen (secondary N) is 2. The largest absolute Gasteiger partial charge is 0.349 e. The number of rotatable bonds is 6. The average Bonchev–Trinajstić information content (AvgIpc) is 2.70. The third kappa shape index (κ3) is 5.72. The summed E-state index contributed by atoms with van der Waals surface area (Å²) >= 11 is 5.82. The highest BCUT2D eigenvalue weighted by molar-refractivity contribution is 7.92. The third-order valence-corrected chi connectivity index (χ3v) is 6.77. The van der Waals surface area contributed by atoms with Crippen LogP contribution in [0.25, 0.3) is 0 Å². The monoisotopic (exact) mass is 435 g/mol. The Hall–Kier alpha value is -2.09. The first kappa shape index (κ1) is 21.6. The zero-order chi connectivity index (χ0) is 21.0. The van der Waals surface area contributed by atoms with Gasteiger partial charge in [0.05, 0.1) is 4.90 Å². The van der Waals surface area contributed by atoms with E-state index in [1.54, 1.807) is 24.3 Å². The molecule has 2 aromatic carbocycles. The highest BCUT2D eigenvalue weighted by Gasteiger charge is 2.22. The summed E-state index contributed by atoms with van der Waals surface area (Å²) in [6, 6.07) is 13.0. The highest BCUT2D eigenvalue weighted by atomic mass is 35.5. The van der Waals surface area contributed by atoms with Gasteiger partial charge in [0.1, 0.15) is 0 Å². The van der Waals surface area contributed by atoms with E-state index < -0.39 is 10.0 Å². The van der Waals surface area contributed by atoms with Gasteiger partial charge in [-0.2, -0.15) is 0 Å². The fourth-order valence-corrected chi connectivity index (χ4v) is 4.53. The van der Waals surface area contributed by atoms with Gasteiger partial charge in [0.15, 0.2) is 0 Å². The molecule has 0 spiro atoms. The molecule has 0 saturated carbocycles. The van der Waals surface area contributed by atoms with Crippen molar-refractivity contribution in [1.82, 2.24) is 10.2 Å². The molecule has 1 aliphatic heterocycles. The number of sulfonamides is 1. The van der Waals surface area contributed by atoms with Gasteiger partial charge in [0.25, 0.3) is 15.9 Å². The van der Waals surface area contributed by atoms with Gasteiger partial charge in [-0.1, -0.05) is 11.6 Å². The van der Waals surface area contributed by atoms with Crippen LogP contribution in [0.4, 0.5) is 5.69 Å². The number of benzene rings is 2. The Morgan fingerprint density at radius 1 is 1.03 bits per heavy atom. The number of carbonyl (C=O) groups is 1. The van der Waals surface area contributed by atoms with Crippen molar-refractivity contribution in [2.75, 3.05) is 17.8 Å². The number of hydrogen-bond acceptors (Lipinski definition) is 4. The van der Waals surface area contributed by atoms with Crippen molar-refractivity contribution in [3.63, 3.8) is 0 Å². The van der Waals surface area contributed by atoms with E-state index >= 15 is 0 Å². The number of halogens is 1. The standard InChI is InChI=1S/C21H26ClN3O3S/c1-15(2)25-13-11-18(12-14-25)23-21(26)16-3-9-20(10-4-16)29(27,28)24-19-7-5-17(22)6-8-19/h3-10,15,18,24H,11-14H2,1-2H3,(H,23,26). The minimum Gasteiger partial charge on any atom is -0.349 e. The summed E-state index contributed by atoms with van der Waals surface area (Å²) in [6.07, 6.45) is 1.84. The number of nitrogens with zero attached hydrogens (tertiary/aromatic N) is 1. The molecule has 3 rings (SSSR count). The number of hydrogen-bond donors (Lipinski definition) is 2. The summed E-state index contributed by atoms with van der Waals surface area (Å²) in [5.41, 5.74) is 0.866. The second kappa shape index (κ2) is 9.15. The molecule has 1 aliphatic rings. The Bertz CT molecular complexity index is 936. The molecular weight excluding hydrogens is 410 g/mol. The van der Waals surface area contributed by atoms with Gasteiger partial charge in [-0.15, -0.1) is 0 Å². The maximum absolute atomic E-state index is 12.5. The Kier molecular flexibility index (Phi) is 6.82. The lowest BCUT2D eigenvalue weighted by Gasteiger charge is -2.34. The Morgan fingerprint density at radius 3 is 2.17 bits per heavy atom. The molecule has 1 amide bonds. The van der Waals surface area contributed by atoms with E-state index in [0.717, 1.165) is 25.9 Å². The van der Waals surface area contributed by atoms with E-state index in [-0.39, 0.29) is 16.8 Å². The molecule has 6 nitrogen and oxygen atoms in total. The van der Waals surface area contributed by atoms with Crippen molar-refractivity contribution < 1.29 is 13.2 Å². The maximum Gasteiger partial charge on any atom is 0.261 e. The molecule has 2 aromatic rings. The van der Waals surface area contributed by atoms with Gasteiger partial charge < -0.3 is 10.2 Å². The van der Waals surface area contributed by atoms with Crippen molar-refractivity contribution >= 4 is 33.2 Å². The maximum atomic E-state index is 12.5. The summed E-state index contributed by atoms with van der Waals surface area (Å²) in [5.74, 6) is -0.178. The number of likely N-dealkylation sites (tertiary alicyclic amines) is 1. The molecule has 156 valence electrons. The van der Waals surface area contributed by atoms with Crippen LogP contribution in [-0.4, -0.2) is 44.4 Å². The number of anilines is 1. The second-order valence-corrected chi connectivity index (χ2v) is 9.63. The zero-order valence-corrected chi connectivity index (χ0v) is 18.1. The molecule has 8 heteroatoms. The number of carbonyl (C=O) groups excluding carboxylic acids is 1. The molecule has 1 saturated heterocycles. The van der Waals surface area contributed by atoms with Gasteiger partial charge in [-0.25, -0.2) is 8.42 Å². The summed E-state index contributed by atoms with van der Waals surface area (Å²) in [4.78, 5) is 15.0. The predicted molar refractivity (Wildman–Crippen MR) is 116 cm³/mol. The van der Waals surface area contributed by atoms with E-state index in [1.807, 2.05) is 0 Å². The van der Waals surface area contributed by atoms with Gasteiger partial charge >= 0.3 is 0 Å². The smallest absolute Gasteiger partial charge is 0.261 e. The van der Waals surface area contributed by atoms with Crippen LogP contribution < -0.4 is 10.0 Å². The van der Waals surface area contributed by atoms with Crippen LogP contribution in [0.15, 0.2) is 53.4 Å². The van der Waals surface area contributed by atoms with Crippen molar-refractivity contribution in [2.45, 2.75) is 43.7 Å². The van der Waals surface area contributed by atoms with Crippen molar-refractivity contribution in [1.29, 1.82) is 0 Å². The van der Waals surface area contributed by atoms with Crippen LogP contribution in [0.3, 0.4) is 0 Å². The van der Waals surface area contributed by atoms with Crippen LogP contribution >= 0.6 is 11.6 Å². The lowest BCUT2D eigenvalue weighted by atomic mass is 10.0. The lowest BCUT2D eigenvalue weighted by Crippen LogP contribution is -2.46. The molecule has 0 aromatic heterocycles. The minimum absolute atomic E-state index is 0.0919. The van der Waals surface area contributed by atoms with Crippen molar-refractivity contribution in [3.05, 3.63) is 59.1 Å². The molecule has 2 N–H and O–H groups in total. The molecule has 0 aliphatic carbocycles. The average molecular weight is 436 g/mol. The summed E-state index contributed by atoms with van der Waals surface area (Å²) in [7, 11) is -3.74. The third-order valence-electron chi connectivity index (χ3n) is 5.12. The van der Waals surface area contributed by atoms with E-state index in [1.165, 1.54) is 24.3 Å². The van der Waals surface area contributed by atoms with E-state index in [2.05, 4.69) is 28.8 Å². The van der Waals surface area contributed by atoms with Crippen LogP contribution in [-0.2, 0) is 10.0 Å². The number of piperidine rings is 1. The van der Waals surface area contributed by atoms with Gasteiger partial charge in [0.2, 0.25) is 0 Å². The van der Waals surface area contributed by atoms with Crippen molar-refractivity contribution in [3.8, 4) is 0 Å². The first-order valence-corrected chi connectivity index (χ1v) is 11.5. The molecule has 0 unspecified atom stereocenters. The topological polar surface area (TPSA) is 78.5 Å². The van der Waals surface area contributed by atoms with Crippen molar-refractivity contribution in [2.24, 2.45) is 0 Å². The summed E-state index contributed by atoms with van der Waals surface area (Å²) in [5, 5.41) is 3.58. The molecular formula is C21H26ClN3O3S. The molecule has 29 heavy (non-hydrogen) atoms. The van der Waals surface area contributed by atoms with Crippen LogP contribution in [0.1, 0.15) is 37.0 Å². The van der Waals surface area contributed by atoms with E-state index in [9.17, 15) is 13.2 Å². The van der Waals surface area contributed by atoms with Crippen LogP contribution in [0.2, 0.25) is 5.02 Å².